The molecule has 2 heterocycles. The van der Waals surface area contributed by atoms with Crippen molar-refractivity contribution in [2.75, 3.05) is 53.0 Å². The van der Waals surface area contributed by atoms with Gasteiger partial charge in [-0.25, -0.2) is 0 Å². The number of piperidine rings is 1. The number of benzene rings is 1. The number of guanidine groups is 1. The van der Waals surface area contributed by atoms with Crippen LogP contribution in [0.5, 0.6) is 0 Å². The summed E-state index contributed by atoms with van der Waals surface area (Å²) in [6.45, 7) is 7.10. The zero-order valence-electron chi connectivity index (χ0n) is 19.6. The first kappa shape index (κ1) is 25.7. The normalized spacial score (nSPS) is 24.6. The highest BCUT2D eigenvalue weighted by Crippen LogP contribution is 2.32. The SMILES string of the molecule is CN=C(NCCCOC1CCCc2ccccc21)NC1CCN(CC2CCOC2)CC1.I. The Hall–Kier alpha value is -0.900. The molecule has 4 rings (SSSR count). The molecule has 0 amide bonds. The topological polar surface area (TPSA) is 58.1 Å². The van der Waals surface area contributed by atoms with Crippen molar-refractivity contribution in [2.24, 2.45) is 10.9 Å². The van der Waals surface area contributed by atoms with Gasteiger partial charge in [0.15, 0.2) is 5.96 Å². The van der Waals surface area contributed by atoms with Crippen LogP contribution in [0.3, 0.4) is 0 Å². The quantitative estimate of drug-likeness (QED) is 0.221. The number of ether oxygens (including phenoxy) is 2. The molecule has 2 fully saturated rings. The Labute approximate surface area is 210 Å². The molecule has 3 aliphatic rings. The predicted molar refractivity (Wildman–Crippen MR) is 141 cm³/mol. The first-order valence-electron chi connectivity index (χ1n) is 12.3. The van der Waals surface area contributed by atoms with Crippen LogP contribution in [-0.4, -0.2) is 69.9 Å². The average Bonchev–Trinajstić information content (AvgIpc) is 3.32. The van der Waals surface area contributed by atoms with Crippen LogP contribution in [-0.2, 0) is 15.9 Å². The van der Waals surface area contributed by atoms with Gasteiger partial charge in [-0.1, -0.05) is 24.3 Å². The molecule has 0 aromatic heterocycles. The van der Waals surface area contributed by atoms with E-state index in [1.165, 1.54) is 62.9 Å². The lowest BCUT2D eigenvalue weighted by Crippen LogP contribution is -2.49. The second-order valence-corrected chi connectivity index (χ2v) is 9.25. The highest BCUT2D eigenvalue weighted by molar-refractivity contribution is 14.0. The fourth-order valence-corrected chi connectivity index (χ4v) is 5.13. The van der Waals surface area contributed by atoms with Gasteiger partial charge in [0.25, 0.3) is 0 Å². The van der Waals surface area contributed by atoms with Crippen molar-refractivity contribution in [3.63, 3.8) is 0 Å². The van der Waals surface area contributed by atoms with Gasteiger partial charge < -0.3 is 25.0 Å². The van der Waals surface area contributed by atoms with E-state index in [2.05, 4.69) is 44.8 Å². The molecule has 6 nitrogen and oxygen atoms in total. The summed E-state index contributed by atoms with van der Waals surface area (Å²) in [6, 6.07) is 9.26. The molecule has 7 heteroatoms. The number of nitrogens with zero attached hydrogens (tertiary/aromatic N) is 2. The Kier molecular flexibility index (Phi) is 11.0. The van der Waals surface area contributed by atoms with E-state index in [0.29, 0.717) is 6.04 Å². The number of hydrogen-bond acceptors (Lipinski definition) is 4. The fraction of sp³-hybridized carbons (Fsp3) is 0.720. The molecule has 2 unspecified atom stereocenters. The predicted octanol–water partition coefficient (Wildman–Crippen LogP) is 3.75. The van der Waals surface area contributed by atoms with Crippen LogP contribution in [0, 0.1) is 5.92 Å². The number of aryl methyl sites for hydroxylation is 1. The maximum absolute atomic E-state index is 6.23. The monoisotopic (exact) mass is 556 g/mol. The van der Waals surface area contributed by atoms with Crippen LogP contribution in [0.4, 0.5) is 0 Å². The molecule has 32 heavy (non-hydrogen) atoms. The zero-order valence-corrected chi connectivity index (χ0v) is 21.9. The molecule has 2 N–H and O–H groups in total. The molecule has 2 aliphatic heterocycles. The highest BCUT2D eigenvalue weighted by atomic mass is 127. The van der Waals surface area contributed by atoms with Crippen molar-refractivity contribution >= 4 is 29.9 Å². The second-order valence-electron chi connectivity index (χ2n) is 9.25. The minimum atomic E-state index is 0. The smallest absolute Gasteiger partial charge is 0.191 e. The van der Waals surface area contributed by atoms with E-state index in [9.17, 15) is 0 Å². The van der Waals surface area contributed by atoms with Crippen LogP contribution < -0.4 is 10.6 Å². The summed E-state index contributed by atoms with van der Waals surface area (Å²) in [7, 11) is 1.86. The number of likely N-dealkylation sites (tertiary alicyclic amines) is 1. The van der Waals surface area contributed by atoms with Crippen molar-refractivity contribution in [3.05, 3.63) is 35.4 Å². The maximum atomic E-state index is 6.23. The lowest BCUT2D eigenvalue weighted by Gasteiger charge is -2.34. The van der Waals surface area contributed by atoms with Gasteiger partial charge >= 0.3 is 0 Å². The number of nitrogens with one attached hydrogen (secondary N) is 2. The zero-order chi connectivity index (χ0) is 21.3. The number of aliphatic imine (C=N–C) groups is 1. The maximum Gasteiger partial charge on any atom is 0.191 e. The summed E-state index contributed by atoms with van der Waals surface area (Å²) in [5.74, 6) is 1.66. The second kappa shape index (κ2) is 13.7. The minimum Gasteiger partial charge on any atom is -0.381 e. The van der Waals surface area contributed by atoms with Crippen LogP contribution in [0.2, 0.25) is 0 Å². The van der Waals surface area contributed by atoms with Crippen LogP contribution in [0.25, 0.3) is 0 Å². The van der Waals surface area contributed by atoms with E-state index < -0.39 is 0 Å². The first-order valence-corrected chi connectivity index (χ1v) is 12.3. The van der Waals surface area contributed by atoms with E-state index in [4.69, 9.17) is 9.47 Å². The molecule has 2 atom stereocenters. The first-order chi connectivity index (χ1) is 15.3. The lowest BCUT2D eigenvalue weighted by molar-refractivity contribution is 0.0398. The number of hydrogen-bond donors (Lipinski definition) is 2. The standard InChI is InChI=1S/C25H40N4O2.HI/c1-26-25(28-22-10-14-29(15-11-22)18-20-12-17-30-19-20)27-13-5-16-31-24-9-4-7-21-6-2-3-8-23(21)24;/h2-3,6,8,20,22,24H,4-5,7,9-19H2,1H3,(H2,26,27,28);1H. The molecule has 2 saturated heterocycles. The minimum absolute atomic E-state index is 0. The van der Waals surface area contributed by atoms with Gasteiger partial charge in [0.1, 0.15) is 0 Å². The summed E-state index contributed by atoms with van der Waals surface area (Å²) in [5.41, 5.74) is 2.86. The van der Waals surface area contributed by atoms with E-state index in [0.717, 1.165) is 51.1 Å². The van der Waals surface area contributed by atoms with Crippen molar-refractivity contribution in [3.8, 4) is 0 Å². The van der Waals surface area contributed by atoms with Gasteiger partial charge in [-0.2, -0.15) is 0 Å². The van der Waals surface area contributed by atoms with E-state index in [-0.39, 0.29) is 30.1 Å². The Morgan fingerprint density at radius 3 is 2.81 bits per heavy atom. The molecular weight excluding hydrogens is 515 g/mol. The Morgan fingerprint density at radius 2 is 2.03 bits per heavy atom. The molecule has 0 radical (unpaired) electrons. The molecule has 0 spiro atoms. The van der Waals surface area contributed by atoms with Crippen LogP contribution >= 0.6 is 24.0 Å². The molecule has 0 bridgehead atoms. The fourth-order valence-electron chi connectivity index (χ4n) is 5.13. The van der Waals surface area contributed by atoms with Gasteiger partial charge in [0.2, 0.25) is 0 Å². The van der Waals surface area contributed by atoms with Crippen molar-refractivity contribution in [1.29, 1.82) is 0 Å². The Morgan fingerprint density at radius 1 is 1.19 bits per heavy atom. The Balaban J connectivity index is 0.00000289. The largest absolute Gasteiger partial charge is 0.381 e. The van der Waals surface area contributed by atoms with Gasteiger partial charge in [-0.15, -0.1) is 24.0 Å². The summed E-state index contributed by atoms with van der Waals surface area (Å²) >= 11 is 0. The van der Waals surface area contributed by atoms with E-state index in [1.807, 2.05) is 7.05 Å². The molecule has 1 aromatic rings. The van der Waals surface area contributed by atoms with Crippen molar-refractivity contribution < 1.29 is 9.47 Å². The molecule has 1 aliphatic carbocycles. The number of halogens is 1. The van der Waals surface area contributed by atoms with Gasteiger partial charge in [-0.3, -0.25) is 4.99 Å². The summed E-state index contributed by atoms with van der Waals surface area (Å²) in [4.78, 5) is 7.03. The molecule has 1 aromatic carbocycles. The van der Waals surface area contributed by atoms with Crippen LogP contribution in [0.1, 0.15) is 55.8 Å². The molecular formula is C25H41IN4O2. The average molecular weight is 557 g/mol. The molecule has 0 saturated carbocycles. The summed E-state index contributed by atoms with van der Waals surface area (Å²) < 4.78 is 11.7. The third-order valence-electron chi connectivity index (χ3n) is 6.94. The number of fused-ring (bicyclic) bond motifs is 1. The van der Waals surface area contributed by atoms with Crippen molar-refractivity contribution in [2.45, 2.75) is 57.1 Å². The van der Waals surface area contributed by atoms with E-state index >= 15 is 0 Å². The lowest BCUT2D eigenvalue weighted by atomic mass is 9.89. The summed E-state index contributed by atoms with van der Waals surface area (Å²) in [5, 5.41) is 7.09. The third-order valence-corrected chi connectivity index (χ3v) is 6.94. The third kappa shape index (κ3) is 7.57. The summed E-state index contributed by atoms with van der Waals surface area (Å²) in [6.07, 6.45) is 8.39. The van der Waals surface area contributed by atoms with Gasteiger partial charge in [0, 0.05) is 52.5 Å². The van der Waals surface area contributed by atoms with Gasteiger partial charge in [-0.05, 0) is 62.0 Å². The van der Waals surface area contributed by atoms with Crippen molar-refractivity contribution in [1.82, 2.24) is 15.5 Å². The highest BCUT2D eigenvalue weighted by Gasteiger charge is 2.24. The Bertz CT molecular complexity index is 703. The van der Waals surface area contributed by atoms with Crippen LogP contribution in [0.15, 0.2) is 29.3 Å². The number of rotatable bonds is 8. The molecule has 180 valence electrons. The van der Waals surface area contributed by atoms with Gasteiger partial charge in [0.05, 0.1) is 12.7 Å². The van der Waals surface area contributed by atoms with E-state index in [1.54, 1.807) is 0 Å².